The van der Waals surface area contributed by atoms with Crippen molar-refractivity contribution < 1.29 is 18.0 Å². The number of nitrogens with zero attached hydrogens (tertiary/aromatic N) is 3. The summed E-state index contributed by atoms with van der Waals surface area (Å²) in [5, 5.41) is 2.68. The highest BCUT2D eigenvalue weighted by atomic mass is 32.2. The molecule has 1 amide bonds. The first-order chi connectivity index (χ1) is 12.7. The van der Waals surface area contributed by atoms with E-state index in [4.69, 9.17) is 0 Å². The van der Waals surface area contributed by atoms with Gasteiger partial charge in [0.05, 0.1) is 23.9 Å². The van der Waals surface area contributed by atoms with E-state index in [0.717, 1.165) is 0 Å². The van der Waals surface area contributed by atoms with Crippen LogP contribution in [-0.4, -0.2) is 54.7 Å². The number of hydrogen-bond donors (Lipinski definition) is 1. The van der Waals surface area contributed by atoms with E-state index in [2.05, 4.69) is 15.3 Å². The molecule has 1 aliphatic heterocycles. The SMILES string of the molecule is CC(=O)c1cccc(NC(=O)c2cnc(N(C)C3CCS(=O)(=O)C3)cn2)c1. The first-order valence-electron chi connectivity index (χ1n) is 8.43. The summed E-state index contributed by atoms with van der Waals surface area (Å²) in [6.07, 6.45) is 3.35. The van der Waals surface area contributed by atoms with Crippen molar-refractivity contribution in [3.63, 3.8) is 0 Å². The minimum atomic E-state index is -2.99. The van der Waals surface area contributed by atoms with Gasteiger partial charge in [0.1, 0.15) is 11.5 Å². The standard InChI is InChI=1S/C18H20N4O4S/c1-12(23)13-4-3-5-14(8-13)21-18(24)16-9-20-17(10-19-16)22(2)15-6-7-27(25,26)11-15/h3-5,8-10,15H,6-7,11H2,1-2H3,(H,21,24). The summed E-state index contributed by atoms with van der Waals surface area (Å²) in [5.74, 6) is 0.245. The summed E-state index contributed by atoms with van der Waals surface area (Å²) in [6.45, 7) is 1.46. The van der Waals surface area contributed by atoms with Crippen LogP contribution in [-0.2, 0) is 9.84 Å². The van der Waals surface area contributed by atoms with Crippen LogP contribution in [0.1, 0.15) is 34.2 Å². The molecular weight excluding hydrogens is 368 g/mol. The topological polar surface area (TPSA) is 109 Å². The van der Waals surface area contributed by atoms with Crippen molar-refractivity contribution in [2.24, 2.45) is 0 Å². The molecule has 1 fully saturated rings. The molecule has 27 heavy (non-hydrogen) atoms. The molecule has 0 spiro atoms. The Labute approximate surface area is 157 Å². The van der Waals surface area contributed by atoms with Crippen LogP contribution in [0.5, 0.6) is 0 Å². The number of ketones is 1. The van der Waals surface area contributed by atoms with E-state index in [1.54, 1.807) is 36.2 Å². The lowest BCUT2D eigenvalue weighted by Gasteiger charge is -2.23. The number of anilines is 2. The number of sulfone groups is 1. The lowest BCUT2D eigenvalue weighted by Crippen LogP contribution is -2.33. The van der Waals surface area contributed by atoms with Crippen molar-refractivity contribution in [1.29, 1.82) is 0 Å². The fraction of sp³-hybridized carbons (Fsp3) is 0.333. The summed E-state index contributed by atoms with van der Waals surface area (Å²) in [7, 11) is -1.23. The number of rotatable bonds is 5. The lowest BCUT2D eigenvalue weighted by molar-refractivity contribution is 0.100. The summed E-state index contributed by atoms with van der Waals surface area (Å²) in [4.78, 5) is 33.9. The number of nitrogens with one attached hydrogen (secondary N) is 1. The van der Waals surface area contributed by atoms with Crippen molar-refractivity contribution >= 4 is 33.0 Å². The molecule has 1 aromatic heterocycles. The van der Waals surface area contributed by atoms with Crippen LogP contribution in [0.25, 0.3) is 0 Å². The monoisotopic (exact) mass is 388 g/mol. The second-order valence-electron chi connectivity index (χ2n) is 6.52. The van der Waals surface area contributed by atoms with Crippen molar-refractivity contribution in [3.8, 4) is 0 Å². The Balaban J connectivity index is 1.69. The first-order valence-corrected chi connectivity index (χ1v) is 10.2. The van der Waals surface area contributed by atoms with Gasteiger partial charge in [-0.25, -0.2) is 18.4 Å². The molecule has 0 saturated carbocycles. The minimum Gasteiger partial charge on any atom is -0.354 e. The van der Waals surface area contributed by atoms with Gasteiger partial charge in [-0.15, -0.1) is 0 Å². The number of hydrogen-bond acceptors (Lipinski definition) is 7. The van der Waals surface area contributed by atoms with Gasteiger partial charge in [0.2, 0.25) is 0 Å². The number of carbonyl (C=O) groups excluding carboxylic acids is 2. The predicted molar refractivity (Wildman–Crippen MR) is 102 cm³/mol. The maximum Gasteiger partial charge on any atom is 0.275 e. The highest BCUT2D eigenvalue weighted by Crippen LogP contribution is 2.21. The molecule has 1 aliphatic rings. The van der Waals surface area contributed by atoms with Crippen LogP contribution in [0.15, 0.2) is 36.7 Å². The average Bonchev–Trinajstić information content (AvgIpc) is 3.01. The van der Waals surface area contributed by atoms with Gasteiger partial charge in [-0.05, 0) is 25.5 Å². The van der Waals surface area contributed by atoms with Gasteiger partial charge in [0.25, 0.3) is 5.91 Å². The molecule has 1 atom stereocenters. The maximum atomic E-state index is 12.3. The van der Waals surface area contributed by atoms with E-state index in [9.17, 15) is 18.0 Å². The third kappa shape index (κ3) is 4.48. The normalized spacial score (nSPS) is 18.1. The molecule has 1 aromatic carbocycles. The number of Topliss-reactive ketones (excluding diaryl/α,β-unsaturated/α-hetero) is 1. The second kappa shape index (κ2) is 7.43. The van der Waals surface area contributed by atoms with E-state index in [1.165, 1.54) is 19.3 Å². The molecule has 0 bridgehead atoms. The van der Waals surface area contributed by atoms with E-state index < -0.39 is 15.7 Å². The highest BCUT2D eigenvalue weighted by Gasteiger charge is 2.31. The fourth-order valence-electron chi connectivity index (χ4n) is 2.90. The van der Waals surface area contributed by atoms with E-state index in [0.29, 0.717) is 23.5 Å². The van der Waals surface area contributed by atoms with Crippen LogP contribution in [0, 0.1) is 0 Å². The van der Waals surface area contributed by atoms with Crippen molar-refractivity contribution in [1.82, 2.24) is 9.97 Å². The Morgan fingerprint density at radius 2 is 2.00 bits per heavy atom. The van der Waals surface area contributed by atoms with Crippen LogP contribution in [0.4, 0.5) is 11.5 Å². The Kier molecular flexibility index (Phi) is 5.22. The van der Waals surface area contributed by atoms with Crippen LogP contribution in [0.3, 0.4) is 0 Å². The lowest BCUT2D eigenvalue weighted by atomic mass is 10.1. The van der Waals surface area contributed by atoms with Crippen molar-refractivity contribution in [2.45, 2.75) is 19.4 Å². The van der Waals surface area contributed by atoms with Crippen LogP contribution < -0.4 is 10.2 Å². The zero-order valence-corrected chi connectivity index (χ0v) is 15.9. The molecule has 2 heterocycles. The summed E-state index contributed by atoms with van der Waals surface area (Å²) in [5.41, 5.74) is 1.12. The smallest absolute Gasteiger partial charge is 0.275 e. The molecule has 2 aromatic rings. The van der Waals surface area contributed by atoms with Gasteiger partial charge in [0, 0.05) is 24.3 Å². The maximum absolute atomic E-state index is 12.3. The minimum absolute atomic E-state index is 0.0905. The van der Waals surface area contributed by atoms with E-state index in [-0.39, 0.29) is 29.0 Å². The first kappa shape index (κ1) is 19.0. The zero-order valence-electron chi connectivity index (χ0n) is 15.0. The molecule has 1 unspecified atom stereocenters. The Morgan fingerprint density at radius 1 is 1.22 bits per heavy atom. The number of carbonyl (C=O) groups is 2. The molecule has 1 saturated heterocycles. The van der Waals surface area contributed by atoms with Gasteiger partial charge >= 0.3 is 0 Å². The largest absolute Gasteiger partial charge is 0.354 e. The van der Waals surface area contributed by atoms with Crippen molar-refractivity contribution in [3.05, 3.63) is 47.9 Å². The molecule has 0 aliphatic carbocycles. The third-order valence-electron chi connectivity index (χ3n) is 4.52. The fourth-order valence-corrected chi connectivity index (χ4v) is 4.67. The number of aromatic nitrogens is 2. The molecular formula is C18H20N4O4S. The predicted octanol–water partition coefficient (Wildman–Crippen LogP) is 1.55. The van der Waals surface area contributed by atoms with Gasteiger partial charge in [-0.3, -0.25) is 9.59 Å². The number of benzene rings is 1. The summed E-state index contributed by atoms with van der Waals surface area (Å²) < 4.78 is 23.2. The van der Waals surface area contributed by atoms with Gasteiger partial charge in [0.15, 0.2) is 15.6 Å². The van der Waals surface area contributed by atoms with Crippen LogP contribution >= 0.6 is 0 Å². The molecule has 3 rings (SSSR count). The van der Waals surface area contributed by atoms with E-state index in [1.807, 2.05) is 0 Å². The second-order valence-corrected chi connectivity index (χ2v) is 8.75. The molecule has 1 N–H and O–H groups in total. The van der Waals surface area contributed by atoms with Gasteiger partial charge in [-0.1, -0.05) is 12.1 Å². The van der Waals surface area contributed by atoms with Gasteiger partial charge in [-0.2, -0.15) is 0 Å². The molecule has 0 radical (unpaired) electrons. The molecule has 142 valence electrons. The zero-order chi connectivity index (χ0) is 19.6. The third-order valence-corrected chi connectivity index (χ3v) is 6.27. The van der Waals surface area contributed by atoms with Crippen molar-refractivity contribution in [2.75, 3.05) is 28.8 Å². The Bertz CT molecular complexity index is 973. The van der Waals surface area contributed by atoms with Gasteiger partial charge < -0.3 is 10.2 Å². The Hall–Kier alpha value is -2.81. The summed E-state index contributed by atoms with van der Waals surface area (Å²) in [6, 6.07) is 6.49. The Morgan fingerprint density at radius 3 is 2.59 bits per heavy atom. The van der Waals surface area contributed by atoms with E-state index >= 15 is 0 Å². The van der Waals surface area contributed by atoms with Crippen LogP contribution in [0.2, 0.25) is 0 Å². The number of amides is 1. The molecule has 9 heteroatoms. The summed E-state index contributed by atoms with van der Waals surface area (Å²) >= 11 is 0. The molecule has 8 nitrogen and oxygen atoms in total. The quantitative estimate of drug-likeness (QED) is 0.774. The average molecular weight is 388 g/mol. The highest BCUT2D eigenvalue weighted by molar-refractivity contribution is 7.91.